The van der Waals surface area contributed by atoms with E-state index in [2.05, 4.69) is 53.8 Å². The molecule has 19 heavy (non-hydrogen) atoms. The van der Waals surface area contributed by atoms with Crippen molar-refractivity contribution >= 4 is 10.9 Å². The predicted molar refractivity (Wildman–Crippen MR) is 81.2 cm³/mol. The highest BCUT2D eigenvalue weighted by Crippen LogP contribution is 2.24. The summed E-state index contributed by atoms with van der Waals surface area (Å²) < 4.78 is 2.37. The summed E-state index contributed by atoms with van der Waals surface area (Å²) in [6.07, 6.45) is 5.93. The minimum absolute atomic E-state index is 0.758. The molecule has 0 aliphatic heterocycles. The lowest BCUT2D eigenvalue weighted by atomic mass is 10.1. The Morgan fingerprint density at radius 1 is 1.37 bits per heavy atom. The molecule has 100 valence electrons. The smallest absolute Gasteiger partial charge is 0.0525 e. The summed E-state index contributed by atoms with van der Waals surface area (Å²) in [6, 6.07) is 9.58. The van der Waals surface area contributed by atoms with E-state index < -0.39 is 0 Å². The summed E-state index contributed by atoms with van der Waals surface area (Å²) in [5, 5.41) is 4.96. The number of hydrogen-bond donors (Lipinski definition) is 1. The Balaban J connectivity index is 1.86. The van der Waals surface area contributed by atoms with Gasteiger partial charge in [0.25, 0.3) is 0 Å². The van der Waals surface area contributed by atoms with Crippen LogP contribution in [0.2, 0.25) is 0 Å². The Hall–Kier alpha value is -1.54. The highest BCUT2D eigenvalue weighted by molar-refractivity contribution is 5.83. The molecule has 2 heteroatoms. The van der Waals surface area contributed by atoms with Crippen molar-refractivity contribution in [3.63, 3.8) is 0 Å². The molecular formula is C17H22N2. The summed E-state index contributed by atoms with van der Waals surface area (Å²) in [4.78, 5) is 0. The Morgan fingerprint density at radius 3 is 2.95 bits per heavy atom. The molecule has 2 aromatic rings. The molecule has 3 rings (SSSR count). The van der Waals surface area contributed by atoms with Crippen molar-refractivity contribution in [3.8, 4) is 0 Å². The van der Waals surface area contributed by atoms with Crippen LogP contribution in [0.3, 0.4) is 0 Å². The maximum absolute atomic E-state index is 4.00. The van der Waals surface area contributed by atoms with Crippen molar-refractivity contribution < 1.29 is 0 Å². The average Bonchev–Trinajstić information content (AvgIpc) is 3.13. The third-order valence-electron chi connectivity index (χ3n) is 3.81. The Morgan fingerprint density at radius 2 is 2.21 bits per heavy atom. The van der Waals surface area contributed by atoms with Crippen LogP contribution in [0.25, 0.3) is 10.9 Å². The molecule has 0 radical (unpaired) electrons. The first-order chi connectivity index (χ1) is 9.24. The van der Waals surface area contributed by atoms with E-state index in [0.717, 1.165) is 25.6 Å². The third-order valence-corrected chi connectivity index (χ3v) is 3.81. The molecule has 0 unspecified atom stereocenters. The zero-order valence-corrected chi connectivity index (χ0v) is 11.7. The molecule has 2 nitrogen and oxygen atoms in total. The molecule has 1 N–H and O–H groups in total. The number of nitrogens with zero attached hydrogens (tertiary/aromatic N) is 1. The second kappa shape index (κ2) is 5.22. The number of para-hydroxylation sites is 1. The van der Waals surface area contributed by atoms with Crippen LogP contribution in [0.5, 0.6) is 0 Å². The summed E-state index contributed by atoms with van der Waals surface area (Å²) in [6.45, 7) is 8.11. The Bertz CT molecular complexity index is 590. The second-order valence-corrected chi connectivity index (χ2v) is 5.73. The quantitative estimate of drug-likeness (QED) is 0.775. The molecule has 1 saturated carbocycles. The monoisotopic (exact) mass is 254 g/mol. The molecule has 1 aliphatic carbocycles. The maximum atomic E-state index is 4.00. The molecule has 1 aromatic carbocycles. The van der Waals surface area contributed by atoms with Crippen LogP contribution in [-0.4, -0.2) is 10.6 Å². The fraction of sp³-hybridized carbons (Fsp3) is 0.412. The van der Waals surface area contributed by atoms with Gasteiger partial charge in [-0.15, -0.1) is 6.58 Å². The lowest BCUT2D eigenvalue weighted by molar-refractivity contribution is 0.679. The summed E-state index contributed by atoms with van der Waals surface area (Å²) in [5.74, 6) is 0. The molecule has 1 aliphatic rings. The van der Waals surface area contributed by atoms with Crippen LogP contribution >= 0.6 is 0 Å². The number of aromatic nitrogens is 1. The van der Waals surface area contributed by atoms with Crippen molar-refractivity contribution in [2.24, 2.45) is 0 Å². The zero-order chi connectivity index (χ0) is 13.2. The predicted octanol–water partition coefficient (Wildman–Crippen LogP) is 3.86. The van der Waals surface area contributed by atoms with Crippen molar-refractivity contribution in [2.75, 3.05) is 0 Å². The van der Waals surface area contributed by atoms with E-state index in [-0.39, 0.29) is 0 Å². The molecule has 0 spiro atoms. The van der Waals surface area contributed by atoms with E-state index in [9.17, 15) is 0 Å². The average molecular weight is 254 g/mol. The van der Waals surface area contributed by atoms with Crippen molar-refractivity contribution in [3.05, 3.63) is 48.2 Å². The molecule has 0 saturated heterocycles. The number of hydrogen-bond acceptors (Lipinski definition) is 1. The Kier molecular flexibility index (Phi) is 3.43. The largest absolute Gasteiger partial charge is 0.347 e. The van der Waals surface area contributed by atoms with Gasteiger partial charge in [-0.2, -0.15) is 0 Å². The highest BCUT2D eigenvalue weighted by Gasteiger charge is 2.20. The minimum atomic E-state index is 0.758. The van der Waals surface area contributed by atoms with E-state index >= 15 is 0 Å². The van der Waals surface area contributed by atoms with Crippen LogP contribution in [0.4, 0.5) is 0 Å². The third kappa shape index (κ3) is 2.90. The maximum Gasteiger partial charge on any atom is 0.0525 e. The lowest BCUT2D eigenvalue weighted by Gasteiger charge is -2.10. The van der Waals surface area contributed by atoms with Gasteiger partial charge in [-0.05, 0) is 43.2 Å². The van der Waals surface area contributed by atoms with Gasteiger partial charge >= 0.3 is 0 Å². The van der Waals surface area contributed by atoms with Gasteiger partial charge in [0, 0.05) is 25.3 Å². The van der Waals surface area contributed by atoms with E-state index in [1.807, 2.05) is 0 Å². The first-order valence-electron chi connectivity index (χ1n) is 7.18. The van der Waals surface area contributed by atoms with Gasteiger partial charge in [0.1, 0.15) is 0 Å². The van der Waals surface area contributed by atoms with E-state index in [4.69, 9.17) is 0 Å². The minimum Gasteiger partial charge on any atom is -0.347 e. The molecule has 0 amide bonds. The molecule has 1 aromatic heterocycles. The lowest BCUT2D eigenvalue weighted by Crippen LogP contribution is -2.16. The number of benzene rings is 1. The molecular weight excluding hydrogens is 232 g/mol. The topological polar surface area (TPSA) is 17.0 Å². The van der Waals surface area contributed by atoms with Crippen LogP contribution < -0.4 is 5.32 Å². The number of nitrogens with one attached hydrogen (secondary N) is 1. The number of rotatable bonds is 6. The van der Waals surface area contributed by atoms with Crippen LogP contribution in [-0.2, 0) is 13.1 Å². The van der Waals surface area contributed by atoms with Gasteiger partial charge in [-0.1, -0.05) is 23.8 Å². The van der Waals surface area contributed by atoms with E-state index in [1.54, 1.807) is 0 Å². The van der Waals surface area contributed by atoms with Crippen LogP contribution in [0, 0.1) is 0 Å². The van der Waals surface area contributed by atoms with Gasteiger partial charge in [0.15, 0.2) is 0 Å². The normalized spacial score (nSPS) is 15.0. The van der Waals surface area contributed by atoms with Gasteiger partial charge < -0.3 is 9.88 Å². The fourth-order valence-corrected chi connectivity index (χ4v) is 2.52. The SMILES string of the molecule is C=C(C)CCn1ccc2cccc(CNC3CC3)c21. The van der Waals surface area contributed by atoms with Crippen molar-refractivity contribution in [2.45, 2.75) is 45.3 Å². The van der Waals surface area contributed by atoms with Crippen LogP contribution in [0.15, 0.2) is 42.6 Å². The van der Waals surface area contributed by atoms with Gasteiger partial charge in [-0.25, -0.2) is 0 Å². The van der Waals surface area contributed by atoms with Crippen molar-refractivity contribution in [1.82, 2.24) is 9.88 Å². The highest BCUT2D eigenvalue weighted by atomic mass is 15.0. The van der Waals surface area contributed by atoms with E-state index in [1.165, 1.54) is 34.9 Å². The fourth-order valence-electron chi connectivity index (χ4n) is 2.52. The number of fused-ring (bicyclic) bond motifs is 1. The van der Waals surface area contributed by atoms with E-state index in [0.29, 0.717) is 0 Å². The molecule has 1 fully saturated rings. The number of allylic oxidation sites excluding steroid dienone is 1. The van der Waals surface area contributed by atoms with Crippen LogP contribution in [0.1, 0.15) is 31.7 Å². The van der Waals surface area contributed by atoms with Crippen molar-refractivity contribution in [1.29, 1.82) is 0 Å². The molecule has 1 heterocycles. The molecule has 0 atom stereocenters. The standard InChI is InChI=1S/C17H22N2/c1-13(2)8-10-19-11-9-14-4-3-5-15(17(14)19)12-18-16-6-7-16/h3-5,9,11,16,18H,1,6-8,10,12H2,2H3. The number of aryl methyl sites for hydroxylation is 1. The Labute approximate surface area is 115 Å². The summed E-state index contributed by atoms with van der Waals surface area (Å²) in [5.41, 5.74) is 4.04. The first-order valence-corrected chi connectivity index (χ1v) is 7.18. The van der Waals surface area contributed by atoms with Gasteiger partial charge in [0.05, 0.1) is 5.52 Å². The van der Waals surface area contributed by atoms with Gasteiger partial charge in [0.2, 0.25) is 0 Å². The van der Waals surface area contributed by atoms with Gasteiger partial charge in [-0.3, -0.25) is 0 Å². The zero-order valence-electron chi connectivity index (χ0n) is 11.7. The molecule has 0 bridgehead atoms. The second-order valence-electron chi connectivity index (χ2n) is 5.73. The summed E-state index contributed by atoms with van der Waals surface area (Å²) in [7, 11) is 0. The summed E-state index contributed by atoms with van der Waals surface area (Å²) >= 11 is 0. The first kappa shape index (κ1) is 12.5.